The zero-order valence-electron chi connectivity index (χ0n) is 16.9. The number of aliphatic hydroxyl groups excluding tert-OH is 1. The molecule has 1 saturated carbocycles. The molecule has 4 nitrogen and oxygen atoms in total. The number of thiophene rings is 1. The van der Waals surface area contributed by atoms with Crippen LogP contribution in [0.3, 0.4) is 0 Å². The number of nitrogens with one attached hydrogen (secondary N) is 1. The van der Waals surface area contributed by atoms with Crippen LogP contribution in [0.25, 0.3) is 10.4 Å². The molecule has 1 aliphatic carbocycles. The van der Waals surface area contributed by atoms with E-state index in [1.54, 1.807) is 6.07 Å². The second-order valence-corrected chi connectivity index (χ2v) is 11.3. The summed E-state index contributed by atoms with van der Waals surface area (Å²) in [5, 5.41) is 12.2. The Morgan fingerprint density at radius 1 is 0.933 bits per heavy atom. The third-order valence-corrected chi connectivity index (χ3v) is 9.56. The fourth-order valence-electron chi connectivity index (χ4n) is 3.97. The van der Waals surface area contributed by atoms with Gasteiger partial charge in [0.1, 0.15) is 4.21 Å². The second kappa shape index (κ2) is 9.33. The van der Waals surface area contributed by atoms with Crippen LogP contribution in [0.15, 0.2) is 64.9 Å². The molecule has 0 radical (unpaired) electrons. The predicted molar refractivity (Wildman–Crippen MR) is 124 cm³/mol. The van der Waals surface area contributed by atoms with Crippen molar-refractivity contribution in [3.05, 3.63) is 66.2 Å². The molecule has 0 atom stereocenters. The summed E-state index contributed by atoms with van der Waals surface area (Å²) < 4.78 is 26.5. The Morgan fingerprint density at radius 2 is 1.70 bits per heavy atom. The van der Waals surface area contributed by atoms with E-state index in [1.807, 2.05) is 54.6 Å². The Balaban J connectivity index is 1.51. The van der Waals surface area contributed by atoms with Crippen molar-refractivity contribution in [1.82, 2.24) is 0 Å². The topological polar surface area (TPSA) is 66.4 Å². The predicted octanol–water partition coefficient (Wildman–Crippen LogP) is 5.80. The largest absolute Gasteiger partial charge is 0.396 e. The van der Waals surface area contributed by atoms with Gasteiger partial charge in [0.05, 0.1) is 5.25 Å². The Morgan fingerprint density at radius 3 is 2.43 bits per heavy atom. The van der Waals surface area contributed by atoms with Crippen LogP contribution in [-0.4, -0.2) is 25.4 Å². The number of hydrogen-bond acceptors (Lipinski definition) is 5. The van der Waals surface area contributed by atoms with Crippen molar-refractivity contribution in [2.45, 2.75) is 48.0 Å². The second-order valence-electron chi connectivity index (χ2n) is 7.80. The Bertz CT molecular complexity index is 1080. The minimum atomic E-state index is -3.23. The van der Waals surface area contributed by atoms with Gasteiger partial charge in [-0.15, -0.1) is 11.3 Å². The van der Waals surface area contributed by atoms with Crippen LogP contribution in [-0.2, 0) is 16.3 Å². The third-order valence-electron chi connectivity index (χ3n) is 5.64. The van der Waals surface area contributed by atoms with E-state index in [0.29, 0.717) is 10.6 Å². The molecule has 0 aliphatic heterocycles. The van der Waals surface area contributed by atoms with Crippen LogP contribution in [0, 0.1) is 0 Å². The van der Waals surface area contributed by atoms with Crippen LogP contribution < -0.4 is 5.32 Å². The first-order chi connectivity index (χ1) is 14.6. The number of sulfone groups is 1. The van der Waals surface area contributed by atoms with Crippen LogP contribution in [0.1, 0.15) is 37.7 Å². The van der Waals surface area contributed by atoms with Crippen molar-refractivity contribution < 1.29 is 13.5 Å². The fraction of sp³-hybridized carbons (Fsp3) is 0.333. The first-order valence-electron chi connectivity index (χ1n) is 10.5. The minimum absolute atomic E-state index is 0.147. The summed E-state index contributed by atoms with van der Waals surface area (Å²) in [6.45, 7) is 0.147. The molecule has 30 heavy (non-hydrogen) atoms. The van der Waals surface area contributed by atoms with Crippen LogP contribution in [0.4, 0.5) is 11.4 Å². The molecule has 1 fully saturated rings. The van der Waals surface area contributed by atoms with Gasteiger partial charge in [-0.25, -0.2) is 8.42 Å². The Hall–Kier alpha value is -2.15. The Kier molecular flexibility index (Phi) is 6.56. The molecule has 2 aromatic carbocycles. The van der Waals surface area contributed by atoms with E-state index in [4.69, 9.17) is 5.11 Å². The minimum Gasteiger partial charge on any atom is -0.396 e. The molecule has 0 saturated heterocycles. The number of hydrogen-bond donors (Lipinski definition) is 2. The van der Waals surface area contributed by atoms with Crippen LogP contribution in [0.2, 0.25) is 0 Å². The standard InChI is InChI=1S/C24H27NO3S2/c26-16-15-18-9-11-20(12-10-18)25-21-6-4-5-19(17-21)23-13-14-24(29-23)30(27,28)22-7-2-1-3-8-22/h4-6,9-14,17,22,25-26H,1-3,7-8,15-16H2. The molecule has 0 unspecified atom stereocenters. The molecule has 3 aromatic rings. The summed E-state index contributed by atoms with van der Waals surface area (Å²) in [5.74, 6) is 0. The lowest BCUT2D eigenvalue weighted by Gasteiger charge is -2.20. The quantitative estimate of drug-likeness (QED) is 0.486. The highest BCUT2D eigenvalue weighted by molar-refractivity contribution is 7.94. The first-order valence-corrected chi connectivity index (χ1v) is 12.8. The normalized spacial score (nSPS) is 15.2. The monoisotopic (exact) mass is 441 g/mol. The fourth-order valence-corrected chi connectivity index (χ4v) is 7.38. The molecule has 1 aliphatic rings. The Labute approximate surface area is 182 Å². The van der Waals surface area contributed by atoms with Gasteiger partial charge in [0.15, 0.2) is 9.84 Å². The first kappa shape index (κ1) is 21.1. The molecular formula is C24H27NO3S2. The summed E-state index contributed by atoms with van der Waals surface area (Å²) in [7, 11) is -3.23. The van der Waals surface area contributed by atoms with E-state index in [1.165, 1.54) is 11.3 Å². The zero-order chi connectivity index (χ0) is 21.0. The molecule has 0 amide bonds. The lowest BCUT2D eigenvalue weighted by atomic mass is 10.0. The van der Waals surface area contributed by atoms with Gasteiger partial charge in [-0.05, 0) is 66.8 Å². The summed E-state index contributed by atoms with van der Waals surface area (Å²) in [5.41, 5.74) is 4.03. The van der Waals surface area contributed by atoms with E-state index >= 15 is 0 Å². The highest BCUT2D eigenvalue weighted by Crippen LogP contribution is 2.36. The molecule has 6 heteroatoms. The maximum atomic E-state index is 13.0. The van der Waals surface area contributed by atoms with Crippen molar-refractivity contribution in [2.75, 3.05) is 11.9 Å². The van der Waals surface area contributed by atoms with E-state index in [-0.39, 0.29) is 11.9 Å². The molecule has 4 rings (SSSR count). The summed E-state index contributed by atoms with van der Waals surface area (Å²) in [4.78, 5) is 0.964. The SMILES string of the molecule is O=S(=O)(c1ccc(-c2cccc(Nc3ccc(CCO)cc3)c2)s1)C1CCCCC1. The van der Waals surface area contributed by atoms with E-state index in [0.717, 1.165) is 59.5 Å². The summed E-state index contributed by atoms with van der Waals surface area (Å²) >= 11 is 1.37. The molecule has 0 spiro atoms. The van der Waals surface area contributed by atoms with Crippen molar-refractivity contribution in [2.24, 2.45) is 0 Å². The van der Waals surface area contributed by atoms with Crippen molar-refractivity contribution in [1.29, 1.82) is 0 Å². The molecule has 1 aromatic heterocycles. The molecular weight excluding hydrogens is 414 g/mol. The van der Waals surface area contributed by atoms with Crippen LogP contribution >= 0.6 is 11.3 Å². The van der Waals surface area contributed by atoms with E-state index in [2.05, 4.69) is 5.32 Å². The molecule has 2 N–H and O–H groups in total. The lowest BCUT2D eigenvalue weighted by molar-refractivity contribution is 0.299. The van der Waals surface area contributed by atoms with Gasteiger partial charge in [-0.2, -0.15) is 0 Å². The molecule has 158 valence electrons. The molecule has 0 bridgehead atoms. The van der Waals surface area contributed by atoms with Crippen molar-refractivity contribution >= 4 is 32.5 Å². The van der Waals surface area contributed by atoms with Gasteiger partial charge in [0.25, 0.3) is 0 Å². The van der Waals surface area contributed by atoms with Crippen LogP contribution in [0.5, 0.6) is 0 Å². The number of aliphatic hydroxyl groups is 1. The smallest absolute Gasteiger partial charge is 0.190 e. The van der Waals surface area contributed by atoms with Gasteiger partial charge < -0.3 is 10.4 Å². The van der Waals surface area contributed by atoms with Gasteiger partial charge >= 0.3 is 0 Å². The summed E-state index contributed by atoms with van der Waals surface area (Å²) in [6.07, 6.45) is 5.39. The van der Waals surface area contributed by atoms with Gasteiger partial charge in [-0.3, -0.25) is 0 Å². The van der Waals surface area contributed by atoms with Gasteiger partial charge in [0, 0.05) is 22.9 Å². The average Bonchev–Trinajstić information content (AvgIpc) is 3.28. The maximum absolute atomic E-state index is 13.0. The van der Waals surface area contributed by atoms with Gasteiger partial charge in [0.2, 0.25) is 0 Å². The number of rotatable bonds is 7. The van der Waals surface area contributed by atoms with Gasteiger partial charge in [-0.1, -0.05) is 43.5 Å². The third kappa shape index (κ3) is 4.77. The summed E-state index contributed by atoms with van der Waals surface area (Å²) in [6, 6.07) is 19.7. The van der Waals surface area contributed by atoms with E-state index in [9.17, 15) is 8.42 Å². The maximum Gasteiger partial charge on any atom is 0.190 e. The van der Waals surface area contributed by atoms with Crippen molar-refractivity contribution in [3.63, 3.8) is 0 Å². The zero-order valence-corrected chi connectivity index (χ0v) is 18.5. The molecule has 1 heterocycles. The number of anilines is 2. The highest BCUT2D eigenvalue weighted by Gasteiger charge is 2.30. The number of benzene rings is 2. The highest BCUT2D eigenvalue weighted by atomic mass is 32.2. The average molecular weight is 442 g/mol. The lowest BCUT2D eigenvalue weighted by Crippen LogP contribution is -2.23. The van der Waals surface area contributed by atoms with Crippen molar-refractivity contribution in [3.8, 4) is 10.4 Å². The van der Waals surface area contributed by atoms with E-state index < -0.39 is 9.84 Å².